The highest BCUT2D eigenvalue weighted by Crippen LogP contribution is 2.13. The van der Waals surface area contributed by atoms with Gasteiger partial charge >= 0.3 is 12.0 Å². The fourth-order valence-electron chi connectivity index (χ4n) is 3.55. The maximum atomic E-state index is 11.9. The van der Waals surface area contributed by atoms with Crippen LogP contribution in [0.4, 0.5) is 10.5 Å². The summed E-state index contributed by atoms with van der Waals surface area (Å²) in [5.41, 5.74) is 2.11. The van der Waals surface area contributed by atoms with Gasteiger partial charge in [0.2, 0.25) is 0 Å². The Morgan fingerprint density at radius 3 is 1.67 bits per heavy atom. The van der Waals surface area contributed by atoms with Gasteiger partial charge in [-0.2, -0.15) is 0 Å². The summed E-state index contributed by atoms with van der Waals surface area (Å²) >= 11 is 0. The molecular weight excluding hydrogens is 376 g/mol. The first-order chi connectivity index (χ1) is 14.6. The number of rotatable bonds is 18. The number of aryl methyl sites for hydroxylation is 1. The third-order valence-electron chi connectivity index (χ3n) is 5.47. The molecular formula is C25H42N2O3. The number of benzene rings is 1. The quantitative estimate of drug-likeness (QED) is 0.226. The first-order valence-corrected chi connectivity index (χ1v) is 12.0. The van der Waals surface area contributed by atoms with E-state index < -0.39 is 5.97 Å². The van der Waals surface area contributed by atoms with Crippen molar-refractivity contribution in [2.24, 2.45) is 0 Å². The molecule has 3 N–H and O–H groups in total. The van der Waals surface area contributed by atoms with Crippen molar-refractivity contribution >= 4 is 17.7 Å². The normalized spacial score (nSPS) is 10.7. The summed E-state index contributed by atoms with van der Waals surface area (Å²) in [6.07, 6.45) is 16.9. The standard InChI is InChI=1S/C25H42N2O3/c1-2-22-17-19-23(20-18-22)27-25(30)26-21-15-13-11-9-7-5-3-4-6-8-10-12-14-16-24(28)29/h17-20H,2-16,21H2,1H3,(H,28,29)(H2,26,27,30). The summed E-state index contributed by atoms with van der Waals surface area (Å²) in [4.78, 5) is 22.3. The lowest BCUT2D eigenvalue weighted by atomic mass is 10.0. The fraction of sp³-hybridized carbons (Fsp3) is 0.680. The van der Waals surface area contributed by atoms with Gasteiger partial charge in [0.15, 0.2) is 0 Å². The van der Waals surface area contributed by atoms with Crippen LogP contribution < -0.4 is 10.6 Å². The minimum Gasteiger partial charge on any atom is -0.481 e. The van der Waals surface area contributed by atoms with E-state index in [1.54, 1.807) is 0 Å². The molecule has 0 bridgehead atoms. The summed E-state index contributed by atoms with van der Waals surface area (Å²) in [5.74, 6) is -0.676. The van der Waals surface area contributed by atoms with Crippen LogP contribution in [0.5, 0.6) is 0 Å². The SMILES string of the molecule is CCc1ccc(NC(=O)NCCCCCCCCCCCCCCCC(=O)O)cc1. The number of nitrogens with one attached hydrogen (secondary N) is 2. The van der Waals surface area contributed by atoms with E-state index in [4.69, 9.17) is 5.11 Å². The lowest BCUT2D eigenvalue weighted by Gasteiger charge is -2.08. The Labute approximate surface area is 183 Å². The van der Waals surface area contributed by atoms with Crippen molar-refractivity contribution in [1.82, 2.24) is 5.32 Å². The summed E-state index contributed by atoms with van der Waals surface area (Å²) in [6, 6.07) is 7.85. The monoisotopic (exact) mass is 418 g/mol. The van der Waals surface area contributed by atoms with Gasteiger partial charge in [-0.1, -0.05) is 89.7 Å². The van der Waals surface area contributed by atoms with Crippen molar-refractivity contribution in [3.8, 4) is 0 Å². The van der Waals surface area contributed by atoms with Gasteiger partial charge in [0.25, 0.3) is 0 Å². The van der Waals surface area contributed by atoms with Crippen LogP contribution in [0.3, 0.4) is 0 Å². The van der Waals surface area contributed by atoms with E-state index in [0.29, 0.717) is 6.42 Å². The average molecular weight is 419 g/mol. The molecule has 0 fully saturated rings. The molecule has 0 aliphatic heterocycles. The van der Waals surface area contributed by atoms with Crippen molar-refractivity contribution in [3.05, 3.63) is 29.8 Å². The summed E-state index contributed by atoms with van der Waals surface area (Å²) < 4.78 is 0. The molecule has 0 spiro atoms. The summed E-state index contributed by atoms with van der Waals surface area (Å²) in [6.45, 7) is 2.85. The van der Waals surface area contributed by atoms with E-state index in [1.165, 1.54) is 69.8 Å². The van der Waals surface area contributed by atoms with Crippen molar-refractivity contribution in [1.29, 1.82) is 0 Å². The molecule has 30 heavy (non-hydrogen) atoms. The Bertz CT molecular complexity index is 572. The van der Waals surface area contributed by atoms with E-state index in [-0.39, 0.29) is 6.03 Å². The zero-order chi connectivity index (χ0) is 21.9. The van der Waals surface area contributed by atoms with Crippen molar-refractivity contribution in [2.45, 2.75) is 103 Å². The molecule has 0 aliphatic carbocycles. The van der Waals surface area contributed by atoms with Gasteiger partial charge in [-0.3, -0.25) is 4.79 Å². The van der Waals surface area contributed by atoms with E-state index in [1.807, 2.05) is 24.3 Å². The molecule has 5 heteroatoms. The number of carboxylic acids is 1. The second kappa shape index (κ2) is 17.8. The van der Waals surface area contributed by atoms with E-state index >= 15 is 0 Å². The van der Waals surface area contributed by atoms with Crippen LogP contribution in [0.1, 0.15) is 102 Å². The maximum Gasteiger partial charge on any atom is 0.319 e. The van der Waals surface area contributed by atoms with Gasteiger partial charge in [-0.25, -0.2) is 4.79 Å². The number of unbranched alkanes of at least 4 members (excludes halogenated alkanes) is 12. The molecule has 0 radical (unpaired) electrons. The zero-order valence-electron chi connectivity index (χ0n) is 18.9. The molecule has 0 heterocycles. The minimum absolute atomic E-state index is 0.124. The molecule has 5 nitrogen and oxygen atoms in total. The third kappa shape index (κ3) is 14.9. The van der Waals surface area contributed by atoms with Crippen molar-refractivity contribution < 1.29 is 14.7 Å². The number of aliphatic carboxylic acids is 1. The first kappa shape index (κ1) is 26.0. The predicted molar refractivity (Wildman–Crippen MR) is 125 cm³/mol. The summed E-state index contributed by atoms with van der Waals surface area (Å²) in [5, 5.41) is 14.4. The van der Waals surface area contributed by atoms with Gasteiger partial charge in [0, 0.05) is 18.7 Å². The molecule has 0 saturated heterocycles. The zero-order valence-corrected chi connectivity index (χ0v) is 18.9. The highest BCUT2D eigenvalue weighted by Gasteiger charge is 2.01. The van der Waals surface area contributed by atoms with E-state index in [2.05, 4.69) is 17.6 Å². The Morgan fingerprint density at radius 1 is 0.733 bits per heavy atom. The Balaban J connectivity index is 1.81. The number of amides is 2. The van der Waals surface area contributed by atoms with Crippen LogP contribution in [-0.2, 0) is 11.2 Å². The molecule has 1 rings (SSSR count). The van der Waals surface area contributed by atoms with Gasteiger partial charge < -0.3 is 15.7 Å². The van der Waals surface area contributed by atoms with Crippen LogP contribution >= 0.6 is 0 Å². The number of carboxylic acid groups (broad SMARTS) is 1. The number of carbonyl (C=O) groups is 2. The smallest absolute Gasteiger partial charge is 0.319 e. The maximum absolute atomic E-state index is 11.9. The Kier molecular flexibility index (Phi) is 15.4. The number of anilines is 1. The lowest BCUT2D eigenvalue weighted by molar-refractivity contribution is -0.137. The Morgan fingerprint density at radius 2 is 1.20 bits per heavy atom. The lowest BCUT2D eigenvalue weighted by Crippen LogP contribution is -2.29. The second-order valence-electron chi connectivity index (χ2n) is 8.17. The second-order valence-corrected chi connectivity index (χ2v) is 8.17. The van der Waals surface area contributed by atoms with Gasteiger partial charge in [0.05, 0.1) is 0 Å². The van der Waals surface area contributed by atoms with Crippen LogP contribution in [-0.4, -0.2) is 23.7 Å². The van der Waals surface area contributed by atoms with Crippen LogP contribution in [0.2, 0.25) is 0 Å². The third-order valence-corrected chi connectivity index (χ3v) is 5.47. The summed E-state index contributed by atoms with van der Waals surface area (Å²) in [7, 11) is 0. The van der Waals surface area contributed by atoms with Crippen LogP contribution in [0.25, 0.3) is 0 Å². The minimum atomic E-state index is -0.676. The molecule has 0 atom stereocenters. The Hall–Kier alpha value is -2.04. The van der Waals surface area contributed by atoms with Gasteiger partial charge in [0.1, 0.15) is 0 Å². The predicted octanol–water partition coefficient (Wildman–Crippen LogP) is 6.92. The molecule has 170 valence electrons. The largest absolute Gasteiger partial charge is 0.481 e. The average Bonchev–Trinajstić information content (AvgIpc) is 2.73. The first-order valence-electron chi connectivity index (χ1n) is 12.0. The van der Waals surface area contributed by atoms with E-state index in [9.17, 15) is 9.59 Å². The molecule has 0 unspecified atom stereocenters. The molecule has 0 saturated carbocycles. The number of hydrogen-bond acceptors (Lipinski definition) is 2. The number of urea groups is 1. The number of hydrogen-bond donors (Lipinski definition) is 3. The molecule has 1 aromatic rings. The number of carbonyl (C=O) groups excluding carboxylic acids is 1. The van der Waals surface area contributed by atoms with E-state index in [0.717, 1.165) is 37.9 Å². The molecule has 0 aliphatic rings. The highest BCUT2D eigenvalue weighted by molar-refractivity contribution is 5.89. The van der Waals surface area contributed by atoms with Gasteiger partial charge in [-0.05, 0) is 37.0 Å². The molecule has 0 aromatic heterocycles. The van der Waals surface area contributed by atoms with Gasteiger partial charge in [-0.15, -0.1) is 0 Å². The van der Waals surface area contributed by atoms with Crippen LogP contribution in [0, 0.1) is 0 Å². The van der Waals surface area contributed by atoms with Crippen LogP contribution in [0.15, 0.2) is 24.3 Å². The molecule has 1 aromatic carbocycles. The fourth-order valence-corrected chi connectivity index (χ4v) is 3.55. The topological polar surface area (TPSA) is 78.4 Å². The highest BCUT2D eigenvalue weighted by atomic mass is 16.4. The van der Waals surface area contributed by atoms with Crippen molar-refractivity contribution in [2.75, 3.05) is 11.9 Å². The molecule has 2 amide bonds. The van der Waals surface area contributed by atoms with Crippen molar-refractivity contribution in [3.63, 3.8) is 0 Å².